The third kappa shape index (κ3) is 16.1. The summed E-state index contributed by atoms with van der Waals surface area (Å²) in [5.74, 6) is 0. The van der Waals surface area contributed by atoms with Crippen LogP contribution in [0.1, 0.15) is 0 Å². The maximum atomic E-state index is 9.75. The van der Waals surface area contributed by atoms with Gasteiger partial charge in [-0.3, -0.25) is 0 Å². The molecule has 0 nitrogen and oxygen atoms in total. The molecule has 0 amide bonds. The van der Waals surface area contributed by atoms with Gasteiger partial charge in [0.2, 0.25) is 0 Å². The summed E-state index contributed by atoms with van der Waals surface area (Å²) in [4.78, 5) is 0. The molecular weight excluding hydrogens is 931 g/mol. The molecule has 0 spiro atoms. The summed E-state index contributed by atoms with van der Waals surface area (Å²) in [5.41, 5.74) is 0. The summed E-state index contributed by atoms with van der Waals surface area (Å²) in [5, 5.41) is 12.6. The van der Waals surface area contributed by atoms with Crippen LogP contribution in [0.3, 0.4) is 0 Å². The minimum atomic E-state index is -6.00. The van der Waals surface area contributed by atoms with Gasteiger partial charge in [0.15, 0.2) is 0 Å². The first-order valence-electron chi connectivity index (χ1n) is 20.1. The zero-order valence-electron chi connectivity index (χ0n) is 34.2. The van der Waals surface area contributed by atoms with Gasteiger partial charge in [-0.25, -0.2) is 0 Å². The van der Waals surface area contributed by atoms with Crippen molar-refractivity contribution in [1.82, 2.24) is 0 Å². The second kappa shape index (κ2) is 26.3. The largest absolute Gasteiger partial charge is 0.673 e. The Morgan fingerprint density at radius 2 is 0.270 bits per heavy atom. The molecule has 9 aromatic carbocycles. The normalized spacial score (nSPS) is 10.5. The Hall–Kier alpha value is -5.32. The quantitative estimate of drug-likeness (QED) is 0.0768. The van der Waals surface area contributed by atoms with Crippen LogP contribution in [0.2, 0.25) is 0 Å². The molecule has 0 N–H and O–H groups in total. The summed E-state index contributed by atoms with van der Waals surface area (Å²) in [7, 11) is -7.34. The van der Waals surface area contributed by atoms with Gasteiger partial charge in [-0.1, -0.05) is 273 Å². The summed E-state index contributed by atoms with van der Waals surface area (Å²) >= 11 is 0. The van der Waals surface area contributed by atoms with Crippen LogP contribution in [0.15, 0.2) is 273 Å². The predicted octanol–water partition coefficient (Wildman–Crippen LogP) is 11.6. The van der Waals surface area contributed by atoms with Crippen LogP contribution >= 0.6 is 23.8 Å². The van der Waals surface area contributed by atoms with Crippen LogP contribution in [-0.2, 0) is 19.5 Å². The van der Waals surface area contributed by atoms with E-state index in [4.69, 9.17) is 0 Å². The number of hydrogen-bond donors (Lipinski definition) is 0. The number of benzene rings is 9. The summed E-state index contributed by atoms with van der Waals surface area (Å²) < 4.78 is 39.0. The fourth-order valence-electron chi connectivity index (χ4n) is 6.54. The van der Waals surface area contributed by atoms with E-state index in [2.05, 4.69) is 273 Å². The predicted molar refractivity (Wildman–Crippen MR) is 266 cm³/mol. The molecular formula is C54H45BF4P3Rh-. The first-order chi connectivity index (χ1) is 30.3. The third-order valence-corrected chi connectivity index (χ3v) is 16.5. The second-order valence-corrected chi connectivity index (χ2v) is 20.2. The van der Waals surface area contributed by atoms with Gasteiger partial charge >= 0.3 is 7.25 Å². The Labute approximate surface area is 386 Å². The smallest absolute Gasteiger partial charge is 0.418 e. The van der Waals surface area contributed by atoms with Crippen LogP contribution in [-0.4, -0.2) is 7.25 Å². The monoisotopic (exact) mass is 976 g/mol. The van der Waals surface area contributed by atoms with Crippen molar-refractivity contribution in [1.29, 1.82) is 0 Å². The maximum absolute atomic E-state index is 9.75. The average molecular weight is 977 g/mol. The van der Waals surface area contributed by atoms with Crippen LogP contribution in [0.4, 0.5) is 17.3 Å². The molecule has 0 saturated heterocycles. The van der Waals surface area contributed by atoms with Crippen LogP contribution < -0.4 is 47.7 Å². The summed E-state index contributed by atoms with van der Waals surface area (Å²) in [6.45, 7) is 0. The molecule has 63 heavy (non-hydrogen) atoms. The molecule has 0 aliphatic rings. The van der Waals surface area contributed by atoms with E-state index in [0.29, 0.717) is 0 Å². The molecule has 9 aromatic rings. The minimum Gasteiger partial charge on any atom is -0.418 e. The van der Waals surface area contributed by atoms with Gasteiger partial charge in [-0.15, -0.1) is 0 Å². The van der Waals surface area contributed by atoms with E-state index in [1.165, 1.54) is 47.7 Å². The molecule has 1 radical (unpaired) electrons. The van der Waals surface area contributed by atoms with Crippen molar-refractivity contribution in [2.75, 3.05) is 0 Å². The maximum Gasteiger partial charge on any atom is 0.673 e. The van der Waals surface area contributed by atoms with Crippen molar-refractivity contribution in [3.63, 3.8) is 0 Å². The zero-order chi connectivity index (χ0) is 43.2. The van der Waals surface area contributed by atoms with Crippen LogP contribution in [0.25, 0.3) is 0 Å². The number of halogens is 4. The van der Waals surface area contributed by atoms with Gasteiger partial charge in [-0.2, -0.15) is 0 Å². The SMILES string of the molecule is F[B-](F)(F)F.[Rh].c1ccc(P(c2ccccc2)c2ccccc2)cc1.c1ccc(P(c2ccccc2)c2ccccc2)cc1.c1ccc(P(c2ccccc2)c2ccccc2)cc1. The van der Waals surface area contributed by atoms with Gasteiger partial charge in [0.1, 0.15) is 0 Å². The van der Waals surface area contributed by atoms with Gasteiger partial charge in [-0.05, 0) is 71.5 Å². The molecule has 0 heterocycles. The Morgan fingerprint density at radius 1 is 0.190 bits per heavy atom. The third-order valence-electron chi connectivity index (χ3n) is 9.13. The summed E-state index contributed by atoms with van der Waals surface area (Å²) in [6, 6.07) is 97.0. The van der Waals surface area contributed by atoms with E-state index in [1.807, 2.05) is 0 Å². The molecule has 317 valence electrons. The van der Waals surface area contributed by atoms with Gasteiger partial charge in [0, 0.05) is 19.5 Å². The Bertz CT molecular complexity index is 1980. The van der Waals surface area contributed by atoms with Crippen LogP contribution in [0, 0.1) is 0 Å². The Morgan fingerprint density at radius 3 is 0.349 bits per heavy atom. The molecule has 0 aliphatic heterocycles. The van der Waals surface area contributed by atoms with Crippen LogP contribution in [0.5, 0.6) is 0 Å². The molecule has 9 heteroatoms. The standard InChI is InChI=1S/3C18H15P.BF4.Rh/c3*1-4-10-16(11-5-1)19(17-12-6-2-7-13-17)18-14-8-3-9-15-18;2-1(3,4)5;/h3*1-15H;;/q;;;-1;. The van der Waals surface area contributed by atoms with E-state index >= 15 is 0 Å². The topological polar surface area (TPSA) is 0 Å². The molecule has 0 aliphatic carbocycles. The first-order valence-corrected chi connectivity index (χ1v) is 24.1. The molecule has 0 unspecified atom stereocenters. The van der Waals surface area contributed by atoms with E-state index in [9.17, 15) is 17.3 Å². The fourth-order valence-corrected chi connectivity index (χ4v) is 13.5. The zero-order valence-corrected chi connectivity index (χ0v) is 38.6. The molecule has 0 saturated carbocycles. The molecule has 0 atom stereocenters. The van der Waals surface area contributed by atoms with Crippen molar-refractivity contribution in [2.24, 2.45) is 0 Å². The Balaban J connectivity index is 0.000000168. The van der Waals surface area contributed by atoms with E-state index in [1.54, 1.807) is 0 Å². The first kappa shape index (κ1) is 48.7. The molecule has 0 bridgehead atoms. The molecule has 0 fully saturated rings. The van der Waals surface area contributed by atoms with E-state index in [-0.39, 0.29) is 19.5 Å². The molecule has 9 rings (SSSR count). The van der Waals surface area contributed by atoms with Crippen molar-refractivity contribution < 1.29 is 36.7 Å². The van der Waals surface area contributed by atoms with Gasteiger partial charge < -0.3 is 17.3 Å². The van der Waals surface area contributed by atoms with Gasteiger partial charge in [0.25, 0.3) is 0 Å². The van der Waals surface area contributed by atoms with E-state index in [0.717, 1.165) is 0 Å². The van der Waals surface area contributed by atoms with Crippen molar-refractivity contribution in [2.45, 2.75) is 0 Å². The Kier molecular flexibility index (Phi) is 20.4. The second-order valence-electron chi connectivity index (χ2n) is 13.5. The number of rotatable bonds is 9. The summed E-state index contributed by atoms with van der Waals surface area (Å²) in [6.07, 6.45) is 0. The minimum absolute atomic E-state index is 0. The average Bonchev–Trinajstić information content (AvgIpc) is 3.32. The van der Waals surface area contributed by atoms with Crippen molar-refractivity contribution in [3.05, 3.63) is 273 Å². The van der Waals surface area contributed by atoms with Crippen molar-refractivity contribution >= 4 is 78.8 Å². The fraction of sp³-hybridized carbons (Fsp3) is 0. The van der Waals surface area contributed by atoms with E-state index < -0.39 is 31.0 Å². The van der Waals surface area contributed by atoms with Crippen molar-refractivity contribution in [3.8, 4) is 0 Å². The van der Waals surface area contributed by atoms with Gasteiger partial charge in [0.05, 0.1) is 0 Å². The number of hydrogen-bond acceptors (Lipinski definition) is 0. The molecule has 0 aromatic heterocycles.